The standard InChI is InChI=1S/C56H75NO12/c1-9-36-15-14-20-48(69-50-24-34(23-31(2)65-50)29-57(5)56(60)64-30-47-40-18-12-10-16-38(40)39-17-11-13-19-41(39)47)32(3)51(59)46-27-44-42(45(46)28-49(58)67-36)22-21-35-25-37(26-43(35)44)68-55-54(63-8)53(62-7)52(61-6)33(4)66-55/h10-13,16-19,21-22,27,31-37,42-45,47-48,50,52-55H,9,14-15,20,23-26,28-30H2,1-8H3/t31?,32-,33?,34?,35-,36+,37-,42-,43-,44-,45+,48+,50+,52?,53?,54?,55?/m1/s1. The number of benzene rings is 2. The second kappa shape index (κ2) is 21.8. The molecule has 4 fully saturated rings. The van der Waals surface area contributed by atoms with E-state index in [2.05, 4.69) is 49.4 Å². The summed E-state index contributed by atoms with van der Waals surface area (Å²) in [6.45, 7) is 8.81. The smallest absolute Gasteiger partial charge is 0.409 e. The quantitative estimate of drug-likeness (QED) is 0.148. The van der Waals surface area contributed by atoms with E-state index < -0.39 is 30.7 Å². The Balaban J connectivity index is 0.865. The molecule has 7 unspecified atom stereocenters. The minimum absolute atomic E-state index is 0.0131. The highest BCUT2D eigenvalue weighted by Gasteiger charge is 2.53. The first-order valence-corrected chi connectivity index (χ1v) is 25.8. The minimum Gasteiger partial charge on any atom is -0.462 e. The number of amides is 1. The van der Waals surface area contributed by atoms with Crippen LogP contribution in [0.15, 0.2) is 72.3 Å². The number of ketones is 1. The Morgan fingerprint density at radius 3 is 2.20 bits per heavy atom. The van der Waals surface area contributed by atoms with Crippen LogP contribution in [0.1, 0.15) is 103 Å². The zero-order valence-electron chi connectivity index (χ0n) is 41.9. The zero-order valence-corrected chi connectivity index (χ0v) is 41.9. The van der Waals surface area contributed by atoms with E-state index >= 15 is 4.79 Å². The van der Waals surface area contributed by atoms with E-state index in [1.807, 2.05) is 45.0 Å². The largest absolute Gasteiger partial charge is 0.462 e. The van der Waals surface area contributed by atoms with Crippen molar-refractivity contribution >= 4 is 17.8 Å². The van der Waals surface area contributed by atoms with Gasteiger partial charge in [0.2, 0.25) is 0 Å². The number of hydrogen-bond acceptors (Lipinski definition) is 12. The van der Waals surface area contributed by atoms with Gasteiger partial charge in [0.05, 0.1) is 30.8 Å². The number of cyclic esters (lactones) is 1. The van der Waals surface area contributed by atoms with Crippen molar-refractivity contribution in [1.82, 2.24) is 4.90 Å². The molecule has 13 nitrogen and oxygen atoms in total. The fourth-order valence-corrected chi connectivity index (χ4v) is 13.3. The summed E-state index contributed by atoms with van der Waals surface area (Å²) in [5, 5.41) is 0. The molecule has 3 aliphatic heterocycles. The molecule has 4 aliphatic carbocycles. The summed E-state index contributed by atoms with van der Waals surface area (Å²) in [7, 11) is 6.75. The number of Topliss-reactive ketones (excluding diaryl/α,β-unsaturated/α-hetero) is 1. The zero-order chi connectivity index (χ0) is 48.5. The van der Waals surface area contributed by atoms with Crippen LogP contribution in [0.25, 0.3) is 11.1 Å². The van der Waals surface area contributed by atoms with Gasteiger partial charge >= 0.3 is 12.1 Å². The van der Waals surface area contributed by atoms with Crippen LogP contribution in [0.4, 0.5) is 4.79 Å². The summed E-state index contributed by atoms with van der Waals surface area (Å²) in [5.41, 5.74) is 5.46. The Hall–Kier alpha value is -3.95. The average molecular weight is 954 g/mol. The minimum atomic E-state index is -0.627. The summed E-state index contributed by atoms with van der Waals surface area (Å²) >= 11 is 0. The number of allylic oxidation sites excluding steroid dienone is 4. The van der Waals surface area contributed by atoms with Crippen molar-refractivity contribution in [3.05, 3.63) is 83.5 Å². The molecule has 376 valence electrons. The Labute approximate surface area is 408 Å². The maximum Gasteiger partial charge on any atom is 0.409 e. The van der Waals surface area contributed by atoms with Crippen molar-refractivity contribution in [2.75, 3.05) is 41.5 Å². The van der Waals surface area contributed by atoms with Crippen molar-refractivity contribution in [3.63, 3.8) is 0 Å². The lowest BCUT2D eigenvalue weighted by molar-refractivity contribution is -0.314. The predicted molar refractivity (Wildman–Crippen MR) is 258 cm³/mol. The first-order valence-electron chi connectivity index (χ1n) is 25.8. The molecule has 0 bridgehead atoms. The highest BCUT2D eigenvalue weighted by molar-refractivity contribution is 5.99. The van der Waals surface area contributed by atoms with E-state index in [4.69, 9.17) is 42.6 Å². The van der Waals surface area contributed by atoms with Gasteiger partial charge in [-0.2, -0.15) is 0 Å². The van der Waals surface area contributed by atoms with Gasteiger partial charge in [0.25, 0.3) is 0 Å². The first-order chi connectivity index (χ1) is 33.4. The summed E-state index contributed by atoms with van der Waals surface area (Å²) in [5.74, 6) is -0.378. The highest BCUT2D eigenvalue weighted by Crippen LogP contribution is 2.54. The number of hydrogen-bond donors (Lipinski definition) is 0. The normalized spacial score (nSPS) is 37.8. The SMILES string of the molecule is CC[C@H]1CCC[C@H](O[C@H]2CC(CN(C)C(=O)OCC3c4ccccc4-c4ccccc43)CC(C)O2)[C@@H](C)C(=O)C2=C[C@@H]3[C@@H](C=C[C@@H]4C[C@@H](OC5OC(C)C(OC)C(OC)C5OC)C[C@@H]34)[C@@H]2CC(=O)O1. The summed E-state index contributed by atoms with van der Waals surface area (Å²) in [4.78, 5) is 44.0. The molecule has 3 heterocycles. The molecule has 0 N–H and O–H groups in total. The number of fused-ring (bicyclic) bond motifs is 8. The summed E-state index contributed by atoms with van der Waals surface area (Å²) < 4.78 is 56.1. The summed E-state index contributed by atoms with van der Waals surface area (Å²) in [6, 6.07) is 16.7. The van der Waals surface area contributed by atoms with E-state index in [1.165, 1.54) is 22.3 Å². The van der Waals surface area contributed by atoms with Gasteiger partial charge in [0, 0.05) is 59.1 Å². The molecule has 0 radical (unpaired) electrons. The Morgan fingerprint density at radius 1 is 0.797 bits per heavy atom. The molecule has 13 heteroatoms. The van der Waals surface area contributed by atoms with Gasteiger partial charge in [-0.05, 0) is 116 Å². The van der Waals surface area contributed by atoms with Crippen LogP contribution in [0, 0.1) is 41.4 Å². The van der Waals surface area contributed by atoms with Crippen LogP contribution in [-0.2, 0) is 52.2 Å². The third-order valence-corrected chi connectivity index (χ3v) is 16.7. The molecule has 1 amide bonds. The molecule has 17 atom stereocenters. The van der Waals surface area contributed by atoms with Gasteiger partial charge in [-0.1, -0.05) is 80.6 Å². The van der Waals surface area contributed by atoms with Crippen LogP contribution < -0.4 is 0 Å². The second-order valence-corrected chi connectivity index (χ2v) is 21.0. The van der Waals surface area contributed by atoms with Crippen molar-refractivity contribution in [2.24, 2.45) is 41.4 Å². The van der Waals surface area contributed by atoms with Crippen LogP contribution in [0.2, 0.25) is 0 Å². The molecular formula is C56H75NO12. The van der Waals surface area contributed by atoms with E-state index in [-0.39, 0.29) is 109 Å². The van der Waals surface area contributed by atoms with E-state index in [0.717, 1.165) is 25.7 Å². The van der Waals surface area contributed by atoms with Gasteiger partial charge in [0.1, 0.15) is 31.0 Å². The monoisotopic (exact) mass is 954 g/mol. The van der Waals surface area contributed by atoms with Gasteiger partial charge in [-0.15, -0.1) is 0 Å². The van der Waals surface area contributed by atoms with Crippen LogP contribution >= 0.6 is 0 Å². The van der Waals surface area contributed by atoms with Crippen molar-refractivity contribution in [1.29, 1.82) is 0 Å². The number of ether oxygens (including phenoxy) is 9. The summed E-state index contributed by atoms with van der Waals surface area (Å²) in [6.07, 6.45) is 8.86. The predicted octanol–water partition coefficient (Wildman–Crippen LogP) is 9.05. The van der Waals surface area contributed by atoms with Crippen molar-refractivity contribution < 1.29 is 57.0 Å². The number of nitrogens with zero attached hydrogens (tertiary/aromatic N) is 1. The number of carbonyl (C=O) groups is 3. The van der Waals surface area contributed by atoms with E-state index in [0.29, 0.717) is 37.8 Å². The lowest BCUT2D eigenvalue weighted by Gasteiger charge is -2.44. The second-order valence-electron chi connectivity index (χ2n) is 21.0. The third-order valence-electron chi connectivity index (χ3n) is 16.7. The Morgan fingerprint density at radius 2 is 1.51 bits per heavy atom. The van der Waals surface area contributed by atoms with Crippen LogP contribution in [0.3, 0.4) is 0 Å². The van der Waals surface area contributed by atoms with Gasteiger partial charge < -0.3 is 47.5 Å². The molecule has 0 spiro atoms. The average Bonchev–Trinajstić information content (AvgIpc) is 4.02. The molecule has 3 saturated heterocycles. The Kier molecular flexibility index (Phi) is 15.8. The van der Waals surface area contributed by atoms with Gasteiger partial charge in [0.15, 0.2) is 18.4 Å². The number of carbonyl (C=O) groups excluding carboxylic acids is 3. The first kappa shape index (κ1) is 50.0. The molecule has 9 rings (SSSR count). The third kappa shape index (κ3) is 10.4. The number of esters is 1. The van der Waals surface area contributed by atoms with Crippen LogP contribution in [-0.4, -0.2) is 126 Å². The van der Waals surface area contributed by atoms with Crippen LogP contribution in [0.5, 0.6) is 0 Å². The lowest BCUT2D eigenvalue weighted by Crippen LogP contribution is -2.59. The lowest BCUT2D eigenvalue weighted by atomic mass is 9.70. The molecule has 1 saturated carbocycles. The maximum absolute atomic E-state index is 15.0. The maximum atomic E-state index is 15.0. The number of rotatable bonds is 12. The van der Waals surface area contributed by atoms with E-state index in [9.17, 15) is 9.59 Å². The fourth-order valence-electron chi connectivity index (χ4n) is 13.3. The molecule has 2 aromatic rings. The molecule has 2 aromatic carbocycles. The van der Waals surface area contributed by atoms with Crippen molar-refractivity contribution in [3.8, 4) is 11.1 Å². The topological polar surface area (TPSA) is 138 Å². The fraction of sp³-hybridized carbons (Fsp3) is 0.661. The highest BCUT2D eigenvalue weighted by atomic mass is 16.7. The Bertz CT molecular complexity index is 2150. The molecule has 69 heavy (non-hydrogen) atoms. The molecule has 0 aromatic heterocycles. The molecular weight excluding hydrogens is 879 g/mol. The van der Waals surface area contributed by atoms with Crippen molar-refractivity contribution in [2.45, 2.75) is 153 Å². The van der Waals surface area contributed by atoms with Gasteiger partial charge in [-0.3, -0.25) is 9.59 Å². The van der Waals surface area contributed by atoms with E-state index in [1.54, 1.807) is 33.3 Å². The molecule has 7 aliphatic rings. The number of methoxy groups -OCH3 is 3. The van der Waals surface area contributed by atoms with Gasteiger partial charge in [-0.25, -0.2) is 4.79 Å².